The number of nitrogens with one attached hydrogen (secondary N) is 2. The van der Waals surface area contributed by atoms with Gasteiger partial charge in [-0.15, -0.1) is 0 Å². The van der Waals surface area contributed by atoms with E-state index in [0.717, 1.165) is 11.0 Å². The van der Waals surface area contributed by atoms with Gasteiger partial charge in [-0.1, -0.05) is 32.0 Å². The summed E-state index contributed by atoms with van der Waals surface area (Å²) in [5.41, 5.74) is 0.101. The molecule has 1 amide bonds. The fraction of sp³-hybridized carbons (Fsp3) is 0.360. The summed E-state index contributed by atoms with van der Waals surface area (Å²) in [7, 11) is 3.18. The van der Waals surface area contributed by atoms with Crippen LogP contribution >= 0.6 is 0 Å². The van der Waals surface area contributed by atoms with E-state index in [0.29, 0.717) is 17.1 Å². The highest BCUT2D eigenvalue weighted by Crippen LogP contribution is 2.37. The highest BCUT2D eigenvalue weighted by atomic mass is 16.3. The molecule has 3 atom stereocenters. The fourth-order valence-corrected chi connectivity index (χ4v) is 3.97. The molecule has 0 fully saturated rings. The third-order valence-electron chi connectivity index (χ3n) is 6.48. The smallest absolute Gasteiger partial charge is 0.228 e. The summed E-state index contributed by atoms with van der Waals surface area (Å²) in [6.07, 6.45) is -1.59. The molecule has 0 aliphatic rings. The molecule has 0 spiro atoms. The number of amides is 1. The Hall–Kier alpha value is -3.94. The Bertz CT molecular complexity index is 1410. The monoisotopic (exact) mass is 476 g/mol. The minimum atomic E-state index is -1.50. The van der Waals surface area contributed by atoms with Crippen LogP contribution in [0.5, 0.6) is 0 Å². The summed E-state index contributed by atoms with van der Waals surface area (Å²) in [5, 5.41) is 28.7. The Balaban J connectivity index is 1.75. The van der Waals surface area contributed by atoms with E-state index in [2.05, 4.69) is 37.4 Å². The van der Waals surface area contributed by atoms with Crippen LogP contribution in [0.15, 0.2) is 41.1 Å². The first-order chi connectivity index (χ1) is 16.7. The summed E-state index contributed by atoms with van der Waals surface area (Å²) in [4.78, 5) is 25.8. The van der Waals surface area contributed by atoms with Crippen LogP contribution in [-0.4, -0.2) is 55.8 Å². The van der Waals surface area contributed by atoms with Crippen molar-refractivity contribution in [3.8, 4) is 11.8 Å². The molecule has 35 heavy (non-hydrogen) atoms. The molecule has 0 bridgehead atoms. The van der Waals surface area contributed by atoms with Crippen molar-refractivity contribution >= 4 is 33.9 Å². The zero-order chi connectivity index (χ0) is 25.3. The summed E-state index contributed by atoms with van der Waals surface area (Å²) in [6, 6.07) is 9.42. The number of anilines is 1. The average molecular weight is 477 g/mol. The van der Waals surface area contributed by atoms with Gasteiger partial charge in [0.05, 0.1) is 11.7 Å². The van der Waals surface area contributed by atoms with Crippen LogP contribution in [0.4, 0.5) is 5.82 Å². The topological polar surface area (TPSA) is 138 Å². The second-order valence-corrected chi connectivity index (χ2v) is 8.74. The molecule has 3 heterocycles. The number of nitrogens with zero attached hydrogens (tertiary/aromatic N) is 4. The predicted molar refractivity (Wildman–Crippen MR) is 131 cm³/mol. The van der Waals surface area contributed by atoms with E-state index < -0.39 is 17.7 Å². The molecule has 0 saturated carbocycles. The molecule has 182 valence electrons. The number of carbonyl (C=O) groups is 1. The van der Waals surface area contributed by atoms with E-state index in [-0.39, 0.29) is 23.3 Å². The zero-order valence-electron chi connectivity index (χ0n) is 20.2. The van der Waals surface area contributed by atoms with Crippen LogP contribution in [0.2, 0.25) is 0 Å². The van der Waals surface area contributed by atoms with E-state index in [1.54, 1.807) is 14.0 Å². The van der Waals surface area contributed by atoms with Crippen LogP contribution in [0.25, 0.3) is 22.1 Å². The number of benzene rings is 1. The molecular formula is C25H28N6O4. The molecule has 0 saturated heterocycles. The first kappa shape index (κ1) is 24.2. The lowest BCUT2D eigenvalue weighted by Crippen LogP contribution is -2.52. The number of fused-ring (bicyclic) bond motifs is 2. The van der Waals surface area contributed by atoms with Crippen molar-refractivity contribution in [2.75, 3.05) is 19.4 Å². The van der Waals surface area contributed by atoms with Gasteiger partial charge in [-0.3, -0.25) is 9.36 Å². The van der Waals surface area contributed by atoms with Gasteiger partial charge in [-0.25, -0.2) is 15.0 Å². The van der Waals surface area contributed by atoms with Gasteiger partial charge in [-0.2, -0.15) is 0 Å². The molecule has 3 aromatic heterocycles. The maximum Gasteiger partial charge on any atom is 0.228 e. The lowest BCUT2D eigenvalue weighted by atomic mass is 9.72. The number of rotatable bonds is 6. The van der Waals surface area contributed by atoms with Gasteiger partial charge in [0.2, 0.25) is 11.7 Å². The first-order valence-corrected chi connectivity index (χ1v) is 11.2. The van der Waals surface area contributed by atoms with Crippen molar-refractivity contribution in [3.63, 3.8) is 0 Å². The summed E-state index contributed by atoms with van der Waals surface area (Å²) >= 11 is 0. The van der Waals surface area contributed by atoms with Crippen LogP contribution in [-0.2, 0) is 4.79 Å². The highest BCUT2D eigenvalue weighted by Gasteiger charge is 2.47. The number of para-hydroxylation sites is 1. The Labute approximate surface area is 202 Å². The second-order valence-electron chi connectivity index (χ2n) is 8.74. The molecule has 0 aliphatic heterocycles. The summed E-state index contributed by atoms with van der Waals surface area (Å²) < 4.78 is 7.05. The van der Waals surface area contributed by atoms with Gasteiger partial charge < -0.3 is 25.3 Å². The van der Waals surface area contributed by atoms with Gasteiger partial charge in [0.1, 0.15) is 11.7 Å². The first-order valence-electron chi connectivity index (χ1n) is 11.2. The highest BCUT2D eigenvalue weighted by molar-refractivity contribution is 5.84. The average Bonchev–Trinajstić information content (AvgIpc) is 3.48. The molecule has 0 radical (unpaired) electrons. The van der Waals surface area contributed by atoms with Crippen molar-refractivity contribution < 1.29 is 19.4 Å². The van der Waals surface area contributed by atoms with E-state index in [1.165, 1.54) is 17.9 Å². The number of carbonyl (C=O) groups excluding carboxylic acids is 1. The molecule has 4 N–H and O–H groups in total. The van der Waals surface area contributed by atoms with Gasteiger partial charge in [-0.05, 0) is 30.7 Å². The number of aromatic nitrogens is 4. The molecule has 1 unspecified atom stereocenters. The van der Waals surface area contributed by atoms with Crippen molar-refractivity contribution in [1.29, 1.82) is 0 Å². The third-order valence-corrected chi connectivity index (χ3v) is 6.48. The van der Waals surface area contributed by atoms with E-state index in [9.17, 15) is 15.0 Å². The number of aliphatic hydroxyl groups excluding tert-OH is 2. The predicted octanol–water partition coefficient (Wildman–Crippen LogP) is 2.27. The van der Waals surface area contributed by atoms with Crippen LogP contribution in [0.3, 0.4) is 0 Å². The van der Waals surface area contributed by atoms with Crippen molar-refractivity contribution in [1.82, 2.24) is 24.8 Å². The molecular weight excluding hydrogens is 448 g/mol. The molecule has 0 aliphatic carbocycles. The third kappa shape index (κ3) is 4.20. The van der Waals surface area contributed by atoms with E-state index in [1.807, 2.05) is 44.2 Å². The van der Waals surface area contributed by atoms with Crippen LogP contribution in [0.1, 0.15) is 38.6 Å². The second kappa shape index (κ2) is 9.37. The minimum Gasteiger partial charge on any atom is -0.448 e. The van der Waals surface area contributed by atoms with Crippen molar-refractivity contribution in [2.45, 2.75) is 33.1 Å². The zero-order valence-corrected chi connectivity index (χ0v) is 20.2. The molecule has 10 heteroatoms. The Kier molecular flexibility index (Phi) is 6.47. The largest absolute Gasteiger partial charge is 0.448 e. The van der Waals surface area contributed by atoms with Crippen molar-refractivity contribution in [2.24, 2.45) is 11.3 Å². The molecule has 1 aromatic carbocycles. The van der Waals surface area contributed by atoms with Gasteiger partial charge in [0.15, 0.2) is 29.0 Å². The minimum absolute atomic E-state index is 0.170. The van der Waals surface area contributed by atoms with E-state index >= 15 is 0 Å². The molecule has 4 rings (SSSR count). The van der Waals surface area contributed by atoms with Crippen molar-refractivity contribution in [3.05, 3.63) is 48.2 Å². The SMILES string of the molecule is CNC(=O)C(C)(C(C)C)[C@@H](O)[C@@H](O)n1cnc2c(NC)nc(C#Cc3cc4ccccc4o3)nc21. The Morgan fingerprint density at radius 1 is 1.17 bits per heavy atom. The van der Waals surface area contributed by atoms with Gasteiger partial charge >= 0.3 is 0 Å². The number of hydrogen-bond donors (Lipinski definition) is 4. The Morgan fingerprint density at radius 2 is 1.91 bits per heavy atom. The number of hydrogen-bond acceptors (Lipinski definition) is 8. The summed E-state index contributed by atoms with van der Waals surface area (Å²) in [6.45, 7) is 5.23. The fourth-order valence-electron chi connectivity index (χ4n) is 3.97. The lowest BCUT2D eigenvalue weighted by molar-refractivity contribution is -0.154. The molecule has 10 nitrogen and oxygen atoms in total. The lowest BCUT2D eigenvalue weighted by Gasteiger charge is -2.38. The van der Waals surface area contributed by atoms with E-state index in [4.69, 9.17) is 4.42 Å². The number of furan rings is 1. The number of aliphatic hydroxyl groups is 2. The maximum absolute atomic E-state index is 12.6. The normalized spacial score (nSPS) is 14.9. The number of imidazole rings is 1. The van der Waals surface area contributed by atoms with Crippen LogP contribution < -0.4 is 10.6 Å². The standard InChI is InChI=1S/C25H28N6O4/c1-14(2)25(3,24(34)27-5)20(32)23(33)31-13-28-19-21(26-4)29-18(30-22(19)31)11-10-16-12-15-8-6-7-9-17(15)35-16/h6-9,12-14,20,23,32-33H,1-5H3,(H,27,34)(H,26,29,30)/t20-,23+,25?/m0/s1. The van der Waals surface area contributed by atoms with Crippen LogP contribution in [0, 0.1) is 23.2 Å². The quantitative estimate of drug-likeness (QED) is 0.311. The van der Waals surface area contributed by atoms with Gasteiger partial charge in [0.25, 0.3) is 0 Å². The summed E-state index contributed by atoms with van der Waals surface area (Å²) in [5.74, 6) is 6.21. The molecule has 4 aromatic rings. The Morgan fingerprint density at radius 3 is 2.57 bits per heavy atom. The van der Waals surface area contributed by atoms with Gasteiger partial charge in [0, 0.05) is 25.5 Å². The maximum atomic E-state index is 12.6.